The zero-order valence-electron chi connectivity index (χ0n) is 11.7. The summed E-state index contributed by atoms with van der Waals surface area (Å²) in [5.74, 6) is 0.593. The van der Waals surface area contributed by atoms with E-state index in [0.29, 0.717) is 18.7 Å². The number of halogens is 1. The molecule has 18 heavy (non-hydrogen) atoms. The fraction of sp³-hybridized carbons (Fsp3) is 1.00. The van der Waals surface area contributed by atoms with Gasteiger partial charge in [0.25, 0.3) is 0 Å². The van der Waals surface area contributed by atoms with Crippen molar-refractivity contribution in [2.45, 2.75) is 39.7 Å². The van der Waals surface area contributed by atoms with Crippen LogP contribution < -0.4 is 5.73 Å². The van der Waals surface area contributed by atoms with E-state index < -0.39 is 9.84 Å². The van der Waals surface area contributed by atoms with E-state index >= 15 is 0 Å². The molecular formula is C12H27ClN2O2S. The maximum Gasteiger partial charge on any atom is 0.151 e. The van der Waals surface area contributed by atoms with Crippen LogP contribution in [0.1, 0.15) is 33.6 Å². The molecule has 0 aliphatic carbocycles. The Labute approximate surface area is 118 Å². The van der Waals surface area contributed by atoms with Crippen molar-refractivity contribution < 1.29 is 8.42 Å². The summed E-state index contributed by atoms with van der Waals surface area (Å²) in [5, 5.41) is 0. The Kier molecular flexibility index (Phi) is 7.14. The number of hydrogen-bond acceptors (Lipinski definition) is 4. The lowest BCUT2D eigenvalue weighted by atomic mass is 9.80. The van der Waals surface area contributed by atoms with E-state index in [2.05, 4.69) is 18.7 Å². The molecule has 1 heterocycles. The number of sulfone groups is 1. The van der Waals surface area contributed by atoms with Gasteiger partial charge in [0.2, 0.25) is 0 Å². The fourth-order valence-electron chi connectivity index (χ4n) is 2.36. The van der Waals surface area contributed by atoms with E-state index in [1.165, 1.54) is 0 Å². The summed E-state index contributed by atoms with van der Waals surface area (Å²) >= 11 is 0. The molecule has 1 aliphatic heterocycles. The number of nitrogens with zero attached hydrogens (tertiary/aromatic N) is 1. The molecule has 0 aromatic carbocycles. The molecule has 110 valence electrons. The van der Waals surface area contributed by atoms with E-state index in [1.807, 2.05) is 6.92 Å². The van der Waals surface area contributed by atoms with Gasteiger partial charge in [-0.05, 0) is 24.8 Å². The summed E-state index contributed by atoms with van der Waals surface area (Å²) in [6.07, 6.45) is 1.67. The average Bonchev–Trinajstić information content (AvgIpc) is 2.20. The molecule has 1 unspecified atom stereocenters. The maximum atomic E-state index is 11.6. The molecule has 0 amide bonds. The Bertz CT molecular complexity index is 344. The molecule has 2 N–H and O–H groups in total. The van der Waals surface area contributed by atoms with Gasteiger partial charge in [0, 0.05) is 24.9 Å². The summed E-state index contributed by atoms with van der Waals surface area (Å²) in [4.78, 5) is 2.23. The minimum atomic E-state index is -2.85. The van der Waals surface area contributed by atoms with Crippen molar-refractivity contribution in [3.05, 3.63) is 0 Å². The van der Waals surface area contributed by atoms with Crippen LogP contribution in [-0.2, 0) is 9.84 Å². The molecule has 1 fully saturated rings. The first-order valence-electron chi connectivity index (χ1n) is 6.45. The van der Waals surface area contributed by atoms with Crippen LogP contribution in [0.5, 0.6) is 0 Å². The van der Waals surface area contributed by atoms with Crippen molar-refractivity contribution in [1.82, 2.24) is 4.90 Å². The first-order valence-corrected chi connectivity index (χ1v) is 8.27. The Morgan fingerprint density at radius 2 is 1.94 bits per heavy atom. The smallest absolute Gasteiger partial charge is 0.151 e. The molecule has 1 atom stereocenters. The molecule has 1 saturated heterocycles. The minimum Gasteiger partial charge on any atom is -0.327 e. The third-order valence-electron chi connectivity index (χ3n) is 3.62. The molecule has 0 saturated carbocycles. The van der Waals surface area contributed by atoms with Gasteiger partial charge in [-0.25, -0.2) is 8.42 Å². The molecular weight excluding hydrogens is 272 g/mol. The van der Waals surface area contributed by atoms with Crippen molar-refractivity contribution in [2.24, 2.45) is 11.1 Å². The molecule has 0 radical (unpaired) electrons. The molecule has 4 nitrogen and oxygen atoms in total. The summed E-state index contributed by atoms with van der Waals surface area (Å²) in [7, 11) is -2.85. The van der Waals surface area contributed by atoms with Gasteiger partial charge in [0.1, 0.15) is 0 Å². The zero-order valence-corrected chi connectivity index (χ0v) is 13.3. The van der Waals surface area contributed by atoms with Gasteiger partial charge in [-0.15, -0.1) is 12.4 Å². The van der Waals surface area contributed by atoms with Crippen molar-refractivity contribution in [2.75, 3.05) is 31.1 Å². The summed E-state index contributed by atoms with van der Waals surface area (Å²) in [6, 6.07) is 0.228. The van der Waals surface area contributed by atoms with Crippen LogP contribution in [0.2, 0.25) is 0 Å². The lowest BCUT2D eigenvalue weighted by Crippen LogP contribution is -2.53. The average molecular weight is 299 g/mol. The normalized spacial score (nSPS) is 24.6. The van der Waals surface area contributed by atoms with Crippen molar-refractivity contribution in [3.63, 3.8) is 0 Å². The third-order valence-corrected chi connectivity index (χ3v) is 5.46. The molecule has 1 rings (SSSR count). The molecule has 1 aliphatic rings. The van der Waals surface area contributed by atoms with Crippen LogP contribution in [-0.4, -0.2) is 50.5 Å². The number of hydrogen-bond donors (Lipinski definition) is 1. The highest BCUT2D eigenvalue weighted by Gasteiger charge is 2.33. The number of piperidine rings is 1. The van der Waals surface area contributed by atoms with Gasteiger partial charge in [0.05, 0.1) is 5.75 Å². The maximum absolute atomic E-state index is 11.6. The molecule has 0 bridgehead atoms. The monoisotopic (exact) mass is 298 g/mol. The van der Waals surface area contributed by atoms with Crippen LogP contribution >= 0.6 is 12.4 Å². The second-order valence-electron chi connectivity index (χ2n) is 5.81. The minimum absolute atomic E-state index is 0. The summed E-state index contributed by atoms with van der Waals surface area (Å²) in [6.45, 7) is 8.69. The Hall–Kier alpha value is 0.160. The first-order chi connectivity index (χ1) is 7.77. The van der Waals surface area contributed by atoms with Gasteiger partial charge in [0.15, 0.2) is 9.84 Å². The Balaban J connectivity index is 0.00000289. The first kappa shape index (κ1) is 18.2. The van der Waals surface area contributed by atoms with Crippen molar-refractivity contribution in [1.29, 1.82) is 0 Å². The lowest BCUT2D eigenvalue weighted by molar-refractivity contribution is 0.101. The molecule has 0 spiro atoms. The molecule has 0 aromatic heterocycles. The second kappa shape index (κ2) is 7.08. The van der Waals surface area contributed by atoms with E-state index in [9.17, 15) is 8.42 Å². The van der Waals surface area contributed by atoms with Gasteiger partial charge in [-0.3, -0.25) is 0 Å². The van der Waals surface area contributed by atoms with Gasteiger partial charge < -0.3 is 10.6 Å². The highest BCUT2D eigenvalue weighted by atomic mass is 35.5. The van der Waals surface area contributed by atoms with Gasteiger partial charge in [-0.1, -0.05) is 20.8 Å². The van der Waals surface area contributed by atoms with Gasteiger partial charge in [-0.2, -0.15) is 0 Å². The van der Waals surface area contributed by atoms with Crippen LogP contribution in [0, 0.1) is 5.41 Å². The van der Waals surface area contributed by atoms with Gasteiger partial charge >= 0.3 is 0 Å². The number of nitrogens with two attached hydrogens (primary N) is 1. The van der Waals surface area contributed by atoms with Crippen molar-refractivity contribution >= 4 is 22.2 Å². The van der Waals surface area contributed by atoms with E-state index in [1.54, 1.807) is 0 Å². The Morgan fingerprint density at radius 3 is 2.44 bits per heavy atom. The fourth-order valence-corrected chi connectivity index (χ4v) is 3.72. The summed E-state index contributed by atoms with van der Waals surface area (Å²) in [5.41, 5.74) is 6.15. The van der Waals surface area contributed by atoms with E-state index in [0.717, 1.165) is 19.5 Å². The number of likely N-dealkylation sites (tertiary alicyclic amines) is 1. The topological polar surface area (TPSA) is 63.4 Å². The quantitative estimate of drug-likeness (QED) is 0.831. The zero-order chi connectivity index (χ0) is 13.1. The molecule has 0 aromatic rings. The highest BCUT2D eigenvalue weighted by Crippen LogP contribution is 2.27. The van der Waals surface area contributed by atoms with E-state index in [-0.39, 0.29) is 29.6 Å². The Morgan fingerprint density at radius 1 is 1.33 bits per heavy atom. The summed E-state index contributed by atoms with van der Waals surface area (Å²) < 4.78 is 23.3. The lowest BCUT2D eigenvalue weighted by Gasteiger charge is -2.42. The largest absolute Gasteiger partial charge is 0.327 e. The highest BCUT2D eigenvalue weighted by molar-refractivity contribution is 7.91. The van der Waals surface area contributed by atoms with Crippen LogP contribution in [0.3, 0.4) is 0 Å². The van der Waals surface area contributed by atoms with Crippen molar-refractivity contribution in [3.8, 4) is 0 Å². The van der Waals surface area contributed by atoms with E-state index in [4.69, 9.17) is 5.73 Å². The van der Waals surface area contributed by atoms with Crippen LogP contribution in [0.15, 0.2) is 0 Å². The standard InChI is InChI=1S/C12H26N2O2S.ClH/c1-4-8-17(15,16)9-7-14-6-5-11(13)12(2,3)10-14;/h11H,4-10,13H2,1-3H3;1H. The molecule has 6 heteroatoms. The number of rotatable bonds is 5. The predicted octanol–water partition coefficient (Wildman–Crippen LogP) is 1.29. The second-order valence-corrected chi connectivity index (χ2v) is 8.12. The van der Waals surface area contributed by atoms with Crippen LogP contribution in [0.25, 0.3) is 0 Å². The predicted molar refractivity (Wildman–Crippen MR) is 79.0 cm³/mol. The van der Waals surface area contributed by atoms with Crippen LogP contribution in [0.4, 0.5) is 0 Å². The third kappa shape index (κ3) is 5.43. The SMILES string of the molecule is CCCS(=O)(=O)CCN1CCC(N)C(C)(C)C1.Cl.